The van der Waals surface area contributed by atoms with Gasteiger partial charge in [-0.3, -0.25) is 4.40 Å². The SMILES string of the molecule is C[C@@H](O)c1c(Cl)nc2sccn12. The van der Waals surface area contributed by atoms with Crippen molar-refractivity contribution < 1.29 is 5.11 Å². The number of hydrogen-bond donors (Lipinski definition) is 1. The lowest BCUT2D eigenvalue weighted by atomic mass is 10.3. The topological polar surface area (TPSA) is 37.5 Å². The van der Waals surface area contributed by atoms with Gasteiger partial charge in [0.1, 0.15) is 0 Å². The van der Waals surface area contributed by atoms with E-state index in [-0.39, 0.29) is 0 Å². The standard InChI is InChI=1S/C7H7ClN2OS/c1-4(11)5-6(8)9-7-10(5)2-3-12-7/h2-4,11H,1H3/t4-/m1/s1. The molecule has 0 bridgehead atoms. The average molecular weight is 203 g/mol. The van der Waals surface area contributed by atoms with Gasteiger partial charge in [0, 0.05) is 11.6 Å². The number of halogens is 1. The third-order valence-electron chi connectivity index (χ3n) is 1.65. The highest BCUT2D eigenvalue weighted by molar-refractivity contribution is 7.15. The first-order valence-corrected chi connectivity index (χ1v) is 4.75. The number of fused-ring (bicyclic) bond motifs is 1. The molecule has 0 aliphatic rings. The zero-order chi connectivity index (χ0) is 8.72. The summed E-state index contributed by atoms with van der Waals surface area (Å²) in [5.74, 6) is 0. The zero-order valence-electron chi connectivity index (χ0n) is 6.36. The fourth-order valence-electron chi connectivity index (χ4n) is 1.15. The lowest BCUT2D eigenvalue weighted by Crippen LogP contribution is -1.95. The van der Waals surface area contributed by atoms with Crippen LogP contribution in [0.1, 0.15) is 18.7 Å². The molecule has 2 aromatic rings. The average Bonchev–Trinajstić information content (AvgIpc) is 2.44. The monoisotopic (exact) mass is 202 g/mol. The van der Waals surface area contributed by atoms with E-state index < -0.39 is 6.10 Å². The van der Waals surface area contributed by atoms with E-state index in [1.807, 2.05) is 11.6 Å². The third-order valence-corrected chi connectivity index (χ3v) is 2.68. The highest BCUT2D eigenvalue weighted by Gasteiger charge is 2.14. The molecule has 2 heterocycles. The van der Waals surface area contributed by atoms with Crippen molar-refractivity contribution >= 4 is 27.9 Å². The fourth-order valence-corrected chi connectivity index (χ4v) is 2.25. The fraction of sp³-hybridized carbons (Fsp3) is 0.286. The first-order valence-electron chi connectivity index (χ1n) is 3.49. The molecule has 0 saturated heterocycles. The van der Waals surface area contributed by atoms with Gasteiger partial charge in [-0.05, 0) is 6.92 Å². The van der Waals surface area contributed by atoms with Crippen LogP contribution in [-0.2, 0) is 0 Å². The zero-order valence-corrected chi connectivity index (χ0v) is 7.93. The first-order chi connectivity index (χ1) is 5.70. The van der Waals surface area contributed by atoms with Crippen LogP contribution in [0.2, 0.25) is 5.15 Å². The van der Waals surface area contributed by atoms with Crippen LogP contribution in [0, 0.1) is 0 Å². The van der Waals surface area contributed by atoms with Crippen LogP contribution in [0.3, 0.4) is 0 Å². The molecule has 0 unspecified atom stereocenters. The van der Waals surface area contributed by atoms with Gasteiger partial charge in [-0.25, -0.2) is 4.98 Å². The Balaban J connectivity index is 2.76. The molecule has 3 nitrogen and oxygen atoms in total. The summed E-state index contributed by atoms with van der Waals surface area (Å²) in [5, 5.41) is 11.7. The Morgan fingerprint density at radius 1 is 1.75 bits per heavy atom. The van der Waals surface area contributed by atoms with Crippen molar-refractivity contribution in [3.63, 3.8) is 0 Å². The Hall–Kier alpha value is -0.580. The molecule has 2 aromatic heterocycles. The number of aliphatic hydroxyl groups excluding tert-OH is 1. The van der Waals surface area contributed by atoms with Crippen LogP contribution in [0.4, 0.5) is 0 Å². The third kappa shape index (κ3) is 1.03. The van der Waals surface area contributed by atoms with Gasteiger partial charge in [-0.15, -0.1) is 11.3 Å². The Kier molecular flexibility index (Phi) is 1.83. The molecule has 0 spiro atoms. The molecule has 2 rings (SSSR count). The number of nitrogens with zero attached hydrogens (tertiary/aromatic N) is 2. The van der Waals surface area contributed by atoms with Gasteiger partial charge < -0.3 is 5.11 Å². The summed E-state index contributed by atoms with van der Waals surface area (Å²) in [6.07, 6.45) is 1.27. The number of aromatic nitrogens is 2. The van der Waals surface area contributed by atoms with E-state index >= 15 is 0 Å². The van der Waals surface area contributed by atoms with Crippen molar-refractivity contribution in [3.8, 4) is 0 Å². The van der Waals surface area contributed by atoms with Gasteiger partial charge in [0.05, 0.1) is 11.8 Å². The van der Waals surface area contributed by atoms with E-state index in [9.17, 15) is 5.11 Å². The molecule has 0 saturated carbocycles. The normalized spacial score (nSPS) is 13.9. The lowest BCUT2D eigenvalue weighted by molar-refractivity contribution is 0.193. The Bertz CT molecular complexity index is 406. The van der Waals surface area contributed by atoms with Crippen LogP contribution in [-0.4, -0.2) is 14.5 Å². The van der Waals surface area contributed by atoms with Crippen molar-refractivity contribution in [2.24, 2.45) is 0 Å². The number of thiazole rings is 1. The second-order valence-electron chi connectivity index (χ2n) is 2.52. The van der Waals surface area contributed by atoms with Crippen molar-refractivity contribution in [3.05, 3.63) is 22.4 Å². The highest BCUT2D eigenvalue weighted by atomic mass is 35.5. The molecular weight excluding hydrogens is 196 g/mol. The molecule has 5 heteroatoms. The van der Waals surface area contributed by atoms with Crippen molar-refractivity contribution in [1.29, 1.82) is 0 Å². The van der Waals surface area contributed by atoms with Crippen LogP contribution >= 0.6 is 22.9 Å². The Labute approximate surface area is 78.2 Å². The molecule has 1 N–H and O–H groups in total. The van der Waals surface area contributed by atoms with E-state index in [4.69, 9.17) is 11.6 Å². The van der Waals surface area contributed by atoms with E-state index in [0.29, 0.717) is 10.8 Å². The van der Waals surface area contributed by atoms with Gasteiger partial charge in [0.15, 0.2) is 10.1 Å². The van der Waals surface area contributed by atoms with Gasteiger partial charge in [0.25, 0.3) is 0 Å². The summed E-state index contributed by atoms with van der Waals surface area (Å²) in [7, 11) is 0. The molecule has 64 valence electrons. The summed E-state index contributed by atoms with van der Waals surface area (Å²) in [5.41, 5.74) is 0.660. The van der Waals surface area contributed by atoms with E-state index in [2.05, 4.69) is 4.98 Å². The minimum Gasteiger partial charge on any atom is -0.387 e. The van der Waals surface area contributed by atoms with Crippen LogP contribution in [0.15, 0.2) is 11.6 Å². The van der Waals surface area contributed by atoms with Crippen molar-refractivity contribution in [1.82, 2.24) is 9.38 Å². The number of rotatable bonds is 1. The second-order valence-corrected chi connectivity index (χ2v) is 3.75. The summed E-state index contributed by atoms with van der Waals surface area (Å²) in [6, 6.07) is 0. The Morgan fingerprint density at radius 2 is 2.50 bits per heavy atom. The molecule has 1 atom stereocenters. The molecule has 0 aliphatic carbocycles. The quantitative estimate of drug-likeness (QED) is 0.769. The maximum absolute atomic E-state index is 9.37. The Morgan fingerprint density at radius 3 is 3.17 bits per heavy atom. The first kappa shape index (κ1) is 8.04. The summed E-state index contributed by atoms with van der Waals surface area (Å²) < 4.78 is 1.80. The smallest absolute Gasteiger partial charge is 0.195 e. The van der Waals surface area contributed by atoms with Gasteiger partial charge in [-0.2, -0.15) is 0 Å². The van der Waals surface area contributed by atoms with Crippen LogP contribution in [0.25, 0.3) is 4.96 Å². The van der Waals surface area contributed by atoms with Crippen LogP contribution in [0.5, 0.6) is 0 Å². The van der Waals surface area contributed by atoms with Gasteiger partial charge >= 0.3 is 0 Å². The van der Waals surface area contributed by atoms with Crippen molar-refractivity contribution in [2.75, 3.05) is 0 Å². The van der Waals surface area contributed by atoms with Gasteiger partial charge in [-0.1, -0.05) is 11.6 Å². The molecule has 0 aromatic carbocycles. The number of aliphatic hydroxyl groups is 1. The lowest BCUT2D eigenvalue weighted by Gasteiger charge is -2.01. The maximum atomic E-state index is 9.37. The molecular formula is C7H7ClN2OS. The summed E-state index contributed by atoms with van der Waals surface area (Å²) >= 11 is 7.31. The minimum atomic E-state index is -0.581. The van der Waals surface area contributed by atoms with Crippen molar-refractivity contribution in [2.45, 2.75) is 13.0 Å². The largest absolute Gasteiger partial charge is 0.387 e. The number of imidazole rings is 1. The minimum absolute atomic E-state index is 0.386. The maximum Gasteiger partial charge on any atom is 0.195 e. The molecule has 0 amide bonds. The van der Waals surface area contributed by atoms with E-state index in [1.165, 1.54) is 11.3 Å². The molecule has 0 aliphatic heterocycles. The van der Waals surface area contributed by atoms with Gasteiger partial charge in [0.2, 0.25) is 0 Å². The predicted octanol–water partition coefficient (Wildman–Crippen LogP) is 2.10. The van der Waals surface area contributed by atoms with E-state index in [1.54, 1.807) is 11.3 Å². The van der Waals surface area contributed by atoms with E-state index in [0.717, 1.165) is 4.96 Å². The molecule has 0 fully saturated rings. The molecule has 12 heavy (non-hydrogen) atoms. The summed E-state index contributed by atoms with van der Waals surface area (Å²) in [6.45, 7) is 1.67. The molecule has 0 radical (unpaired) electrons. The highest BCUT2D eigenvalue weighted by Crippen LogP contribution is 2.25. The summed E-state index contributed by atoms with van der Waals surface area (Å²) in [4.78, 5) is 4.90. The van der Waals surface area contributed by atoms with Crippen LogP contribution < -0.4 is 0 Å². The predicted molar refractivity (Wildman–Crippen MR) is 48.7 cm³/mol. The number of hydrogen-bond acceptors (Lipinski definition) is 3. The second kappa shape index (κ2) is 2.73.